The van der Waals surface area contributed by atoms with Gasteiger partial charge in [-0.15, -0.1) is 0 Å². The van der Waals surface area contributed by atoms with Gasteiger partial charge in [-0.25, -0.2) is 4.39 Å². The summed E-state index contributed by atoms with van der Waals surface area (Å²) < 4.78 is 13.3. The molecule has 1 aromatic carbocycles. The van der Waals surface area contributed by atoms with Crippen molar-refractivity contribution >= 4 is 5.69 Å². The van der Waals surface area contributed by atoms with Crippen LogP contribution in [0.2, 0.25) is 0 Å². The molecule has 1 aromatic rings. The number of nitrogens with one attached hydrogen (secondary N) is 1. The predicted molar refractivity (Wildman–Crippen MR) is 71.3 cm³/mol. The van der Waals surface area contributed by atoms with Crippen molar-refractivity contribution in [1.82, 2.24) is 5.32 Å². The third-order valence-corrected chi connectivity index (χ3v) is 3.38. The van der Waals surface area contributed by atoms with Crippen molar-refractivity contribution in [3.63, 3.8) is 0 Å². The molecule has 1 heterocycles. The lowest BCUT2D eigenvalue weighted by Crippen LogP contribution is -2.38. The summed E-state index contributed by atoms with van der Waals surface area (Å²) in [6, 6.07) is 7.00. The fourth-order valence-electron chi connectivity index (χ4n) is 2.45. The molecule has 2 N–H and O–H groups in total. The first kappa shape index (κ1) is 13.3. The molecule has 2 unspecified atom stereocenters. The molecule has 4 heteroatoms. The minimum atomic E-state index is -0.198. The third-order valence-electron chi connectivity index (χ3n) is 3.38. The van der Waals surface area contributed by atoms with Crippen molar-refractivity contribution in [3.8, 4) is 0 Å². The van der Waals surface area contributed by atoms with Gasteiger partial charge in [-0.3, -0.25) is 0 Å². The van der Waals surface area contributed by atoms with Crippen molar-refractivity contribution in [3.05, 3.63) is 30.1 Å². The van der Waals surface area contributed by atoms with Crippen LogP contribution in [0.1, 0.15) is 13.3 Å². The normalized spacial score (nSPS) is 24.9. The van der Waals surface area contributed by atoms with Crippen LogP contribution in [0.4, 0.5) is 10.1 Å². The molecule has 0 radical (unpaired) electrons. The zero-order valence-electron chi connectivity index (χ0n) is 10.8. The van der Waals surface area contributed by atoms with E-state index in [1.54, 1.807) is 12.1 Å². The second-order valence-corrected chi connectivity index (χ2v) is 5.11. The average Bonchev–Trinajstić information content (AvgIpc) is 2.52. The third kappa shape index (κ3) is 3.43. The zero-order chi connectivity index (χ0) is 13.0. The number of halogens is 1. The molecule has 0 aliphatic carbocycles. The van der Waals surface area contributed by atoms with Gasteiger partial charge in [0.1, 0.15) is 5.82 Å². The average molecular weight is 252 g/mol. The number of anilines is 1. The summed E-state index contributed by atoms with van der Waals surface area (Å²) in [5, 5.41) is 12.5. The molecule has 1 aliphatic rings. The maximum absolute atomic E-state index is 13.3. The summed E-state index contributed by atoms with van der Waals surface area (Å²) >= 11 is 0. The molecule has 0 aromatic heterocycles. The number of aliphatic hydroxyl groups is 1. The lowest BCUT2D eigenvalue weighted by Gasteiger charge is -2.27. The topological polar surface area (TPSA) is 35.5 Å². The Labute approximate surface area is 108 Å². The van der Waals surface area contributed by atoms with E-state index in [9.17, 15) is 4.39 Å². The van der Waals surface area contributed by atoms with Gasteiger partial charge < -0.3 is 15.3 Å². The number of hydrogen-bond donors (Lipinski definition) is 2. The van der Waals surface area contributed by atoms with Crippen molar-refractivity contribution in [2.75, 3.05) is 31.1 Å². The van der Waals surface area contributed by atoms with E-state index in [2.05, 4.69) is 17.1 Å². The number of rotatable bonds is 3. The first-order valence-electron chi connectivity index (χ1n) is 6.54. The summed E-state index contributed by atoms with van der Waals surface area (Å²) in [5.74, 6) is 0.313. The maximum Gasteiger partial charge on any atom is 0.125 e. The van der Waals surface area contributed by atoms with Crippen LogP contribution in [-0.2, 0) is 0 Å². The second kappa shape index (κ2) is 6.16. The summed E-state index contributed by atoms with van der Waals surface area (Å²) in [6.45, 7) is 5.03. The largest absolute Gasteiger partial charge is 0.396 e. The Kier molecular flexibility index (Phi) is 4.55. The van der Waals surface area contributed by atoms with Crippen molar-refractivity contribution in [2.24, 2.45) is 5.92 Å². The quantitative estimate of drug-likeness (QED) is 0.858. The Morgan fingerprint density at radius 2 is 2.28 bits per heavy atom. The van der Waals surface area contributed by atoms with Crippen LogP contribution in [0.15, 0.2) is 24.3 Å². The van der Waals surface area contributed by atoms with Crippen LogP contribution in [0.3, 0.4) is 0 Å². The highest BCUT2D eigenvalue weighted by atomic mass is 19.1. The first-order chi connectivity index (χ1) is 8.69. The highest BCUT2D eigenvalue weighted by Crippen LogP contribution is 2.19. The van der Waals surface area contributed by atoms with Crippen LogP contribution in [-0.4, -0.2) is 37.4 Å². The van der Waals surface area contributed by atoms with Crippen LogP contribution < -0.4 is 10.2 Å². The van der Waals surface area contributed by atoms with Gasteiger partial charge in [0.15, 0.2) is 0 Å². The van der Waals surface area contributed by atoms with Crippen LogP contribution in [0, 0.1) is 11.7 Å². The first-order valence-corrected chi connectivity index (χ1v) is 6.54. The van der Waals surface area contributed by atoms with Crippen LogP contribution >= 0.6 is 0 Å². The van der Waals surface area contributed by atoms with E-state index >= 15 is 0 Å². The fourth-order valence-corrected chi connectivity index (χ4v) is 2.45. The number of hydrogen-bond acceptors (Lipinski definition) is 3. The van der Waals surface area contributed by atoms with Gasteiger partial charge in [0.2, 0.25) is 0 Å². The highest BCUT2D eigenvalue weighted by Gasteiger charge is 2.21. The lowest BCUT2D eigenvalue weighted by atomic mass is 10.1. The van der Waals surface area contributed by atoms with Crippen molar-refractivity contribution in [2.45, 2.75) is 19.4 Å². The molecule has 1 fully saturated rings. The Morgan fingerprint density at radius 1 is 1.44 bits per heavy atom. The molecule has 0 amide bonds. The minimum absolute atomic E-state index is 0.184. The standard InChI is InChI=1S/C14H21FN2O/c1-11-8-16-13(5-6-18)10-17(9-11)14-4-2-3-12(15)7-14/h2-4,7,11,13,16,18H,5-6,8-10H2,1H3. The monoisotopic (exact) mass is 252 g/mol. The van der Waals surface area contributed by atoms with Crippen molar-refractivity contribution < 1.29 is 9.50 Å². The van der Waals surface area contributed by atoms with Gasteiger partial charge in [-0.05, 0) is 37.1 Å². The van der Waals surface area contributed by atoms with E-state index in [1.165, 1.54) is 6.07 Å². The van der Waals surface area contributed by atoms with Gasteiger partial charge >= 0.3 is 0 Å². The molecule has 2 rings (SSSR count). The summed E-state index contributed by atoms with van der Waals surface area (Å²) in [6.07, 6.45) is 0.735. The molecule has 18 heavy (non-hydrogen) atoms. The Hall–Kier alpha value is -1.13. The molecular formula is C14H21FN2O. The van der Waals surface area contributed by atoms with Crippen molar-refractivity contribution in [1.29, 1.82) is 0 Å². The summed E-state index contributed by atoms with van der Waals surface area (Å²) in [4.78, 5) is 2.20. The van der Waals surface area contributed by atoms with Gasteiger partial charge in [0, 0.05) is 31.4 Å². The molecule has 2 atom stereocenters. The molecule has 3 nitrogen and oxygen atoms in total. The number of aliphatic hydroxyl groups excluding tert-OH is 1. The molecule has 0 saturated carbocycles. The Balaban J connectivity index is 2.13. The van der Waals surface area contributed by atoms with Gasteiger partial charge in [0.25, 0.3) is 0 Å². The maximum atomic E-state index is 13.3. The predicted octanol–water partition coefficient (Wildman–Crippen LogP) is 1.62. The van der Waals surface area contributed by atoms with E-state index < -0.39 is 0 Å². The van der Waals surface area contributed by atoms with Crippen LogP contribution in [0.5, 0.6) is 0 Å². The molecule has 100 valence electrons. The van der Waals surface area contributed by atoms with E-state index in [-0.39, 0.29) is 18.5 Å². The zero-order valence-corrected chi connectivity index (χ0v) is 10.8. The van der Waals surface area contributed by atoms with E-state index in [0.717, 1.165) is 31.7 Å². The SMILES string of the molecule is CC1CNC(CCO)CN(c2cccc(F)c2)C1. The number of benzene rings is 1. The molecule has 0 spiro atoms. The fraction of sp³-hybridized carbons (Fsp3) is 0.571. The minimum Gasteiger partial charge on any atom is -0.396 e. The highest BCUT2D eigenvalue weighted by molar-refractivity contribution is 5.47. The molecule has 1 aliphatic heterocycles. The number of nitrogens with zero attached hydrogens (tertiary/aromatic N) is 1. The van der Waals surface area contributed by atoms with Gasteiger partial charge in [-0.2, -0.15) is 0 Å². The lowest BCUT2D eigenvalue weighted by molar-refractivity contribution is 0.266. The smallest absolute Gasteiger partial charge is 0.125 e. The van der Waals surface area contributed by atoms with Crippen LogP contribution in [0.25, 0.3) is 0 Å². The van der Waals surface area contributed by atoms with E-state index in [4.69, 9.17) is 5.11 Å². The van der Waals surface area contributed by atoms with Gasteiger partial charge in [-0.1, -0.05) is 13.0 Å². The molecular weight excluding hydrogens is 231 g/mol. The molecule has 0 bridgehead atoms. The van der Waals surface area contributed by atoms with E-state index in [0.29, 0.717) is 5.92 Å². The summed E-state index contributed by atoms with van der Waals surface area (Å²) in [5.41, 5.74) is 0.925. The Morgan fingerprint density at radius 3 is 3.00 bits per heavy atom. The van der Waals surface area contributed by atoms with Gasteiger partial charge in [0.05, 0.1) is 0 Å². The summed E-state index contributed by atoms with van der Waals surface area (Å²) in [7, 11) is 0. The Bertz CT molecular complexity index is 386. The van der Waals surface area contributed by atoms with E-state index in [1.807, 2.05) is 6.07 Å². The second-order valence-electron chi connectivity index (χ2n) is 5.11. The molecule has 1 saturated heterocycles.